The molecule has 1 aromatic carbocycles. The standard InChI is InChI=1S/C17H23NO6/c19-9-13-7-15(16(18(22)23)8-14(13)10-20)11-24-17(21)6-12-4-2-1-3-5-12/h7-8,12,19-20H,1-6,9-11H2. The molecule has 1 fully saturated rings. The van der Waals surface area contributed by atoms with Crippen LogP contribution in [-0.4, -0.2) is 21.1 Å². The third kappa shape index (κ3) is 4.75. The molecule has 24 heavy (non-hydrogen) atoms. The SMILES string of the molecule is O=C(CC1CCCCC1)OCc1cc(CO)c(CO)cc1[N+](=O)[O-]. The first-order valence-electron chi connectivity index (χ1n) is 8.21. The van der Waals surface area contributed by atoms with E-state index < -0.39 is 11.5 Å². The van der Waals surface area contributed by atoms with Crippen LogP contribution < -0.4 is 0 Å². The molecule has 0 unspecified atom stereocenters. The van der Waals surface area contributed by atoms with Gasteiger partial charge in [0.15, 0.2) is 0 Å². The minimum atomic E-state index is -0.579. The highest BCUT2D eigenvalue weighted by Gasteiger charge is 2.21. The van der Waals surface area contributed by atoms with E-state index in [0.717, 1.165) is 25.7 Å². The van der Waals surface area contributed by atoms with Crippen LogP contribution in [-0.2, 0) is 29.4 Å². The summed E-state index contributed by atoms with van der Waals surface area (Å²) < 4.78 is 5.21. The number of ether oxygens (including phenoxy) is 1. The lowest BCUT2D eigenvalue weighted by Gasteiger charge is -2.20. The highest BCUT2D eigenvalue weighted by Crippen LogP contribution is 2.28. The van der Waals surface area contributed by atoms with Gasteiger partial charge in [-0.1, -0.05) is 19.3 Å². The van der Waals surface area contributed by atoms with Crippen molar-refractivity contribution in [3.05, 3.63) is 38.9 Å². The Kier molecular flexibility index (Phi) is 6.69. The summed E-state index contributed by atoms with van der Waals surface area (Å²) in [5.41, 5.74) is 0.683. The molecule has 0 radical (unpaired) electrons. The Balaban J connectivity index is 2.04. The lowest BCUT2D eigenvalue weighted by molar-refractivity contribution is -0.386. The number of hydrogen-bond donors (Lipinski definition) is 2. The molecule has 0 amide bonds. The second-order valence-corrected chi connectivity index (χ2v) is 6.19. The van der Waals surface area contributed by atoms with Gasteiger partial charge in [-0.2, -0.15) is 0 Å². The van der Waals surface area contributed by atoms with Gasteiger partial charge in [-0.3, -0.25) is 14.9 Å². The zero-order chi connectivity index (χ0) is 17.5. The number of nitrogens with zero attached hydrogens (tertiary/aromatic N) is 1. The second-order valence-electron chi connectivity index (χ2n) is 6.19. The van der Waals surface area contributed by atoms with E-state index in [4.69, 9.17) is 4.74 Å². The zero-order valence-corrected chi connectivity index (χ0v) is 13.6. The molecule has 0 heterocycles. The number of esters is 1. The van der Waals surface area contributed by atoms with Gasteiger partial charge in [0.25, 0.3) is 5.69 Å². The molecule has 2 N–H and O–H groups in total. The van der Waals surface area contributed by atoms with Gasteiger partial charge in [-0.25, -0.2) is 0 Å². The Bertz CT molecular complexity index is 595. The molecule has 2 rings (SSSR count). The topological polar surface area (TPSA) is 110 Å². The predicted octanol–water partition coefficient (Wildman–Crippen LogP) is 2.59. The molecule has 0 aromatic heterocycles. The van der Waals surface area contributed by atoms with Crippen molar-refractivity contribution in [3.8, 4) is 0 Å². The Morgan fingerprint density at radius 1 is 1.12 bits per heavy atom. The first-order chi connectivity index (χ1) is 11.5. The summed E-state index contributed by atoms with van der Waals surface area (Å²) in [7, 11) is 0. The highest BCUT2D eigenvalue weighted by atomic mass is 16.6. The number of hydrogen-bond acceptors (Lipinski definition) is 6. The van der Waals surface area contributed by atoms with Gasteiger partial charge in [0.1, 0.15) is 6.61 Å². The maximum absolute atomic E-state index is 12.0. The van der Waals surface area contributed by atoms with E-state index in [9.17, 15) is 25.1 Å². The Morgan fingerprint density at radius 2 is 1.75 bits per heavy atom. The maximum Gasteiger partial charge on any atom is 0.306 e. The van der Waals surface area contributed by atoms with E-state index in [1.165, 1.54) is 18.6 Å². The molecule has 0 bridgehead atoms. The second kappa shape index (κ2) is 8.75. The fourth-order valence-corrected chi connectivity index (χ4v) is 3.15. The number of nitro benzene ring substituents is 1. The van der Waals surface area contributed by atoms with E-state index >= 15 is 0 Å². The molecule has 7 nitrogen and oxygen atoms in total. The fraction of sp³-hybridized carbons (Fsp3) is 0.588. The smallest absolute Gasteiger partial charge is 0.306 e. The Morgan fingerprint density at radius 3 is 2.33 bits per heavy atom. The summed E-state index contributed by atoms with van der Waals surface area (Å²) in [6.07, 6.45) is 5.86. The van der Waals surface area contributed by atoms with Crippen LogP contribution in [0.15, 0.2) is 12.1 Å². The largest absolute Gasteiger partial charge is 0.461 e. The van der Waals surface area contributed by atoms with Crippen molar-refractivity contribution in [1.29, 1.82) is 0 Å². The molecule has 7 heteroatoms. The lowest BCUT2D eigenvalue weighted by atomic mass is 9.87. The summed E-state index contributed by atoms with van der Waals surface area (Å²) in [5.74, 6) is -0.0148. The normalized spacial score (nSPS) is 15.2. The van der Waals surface area contributed by atoms with Crippen molar-refractivity contribution in [3.63, 3.8) is 0 Å². The summed E-state index contributed by atoms with van der Waals surface area (Å²) in [6.45, 7) is -0.962. The average Bonchev–Trinajstić information content (AvgIpc) is 2.59. The Hall–Kier alpha value is -1.99. The van der Waals surface area contributed by atoms with Crippen molar-refractivity contribution in [2.75, 3.05) is 0 Å². The first kappa shape index (κ1) is 18.4. The van der Waals surface area contributed by atoms with Crippen molar-refractivity contribution in [1.82, 2.24) is 0 Å². The summed E-state index contributed by atoms with van der Waals surface area (Å²) in [6, 6.07) is 2.63. The summed E-state index contributed by atoms with van der Waals surface area (Å²) in [4.78, 5) is 22.6. The molecule has 0 saturated heterocycles. The number of aliphatic hydroxyl groups excluding tert-OH is 2. The van der Waals surface area contributed by atoms with E-state index in [-0.39, 0.29) is 30.4 Å². The minimum Gasteiger partial charge on any atom is -0.461 e. The molecule has 132 valence electrons. The van der Waals surface area contributed by atoms with Crippen LogP contribution in [0, 0.1) is 16.0 Å². The summed E-state index contributed by atoms with van der Waals surface area (Å²) in [5, 5.41) is 29.7. The molecule has 0 spiro atoms. The van der Waals surface area contributed by atoms with Crippen LogP contribution in [0.2, 0.25) is 0 Å². The number of benzene rings is 1. The van der Waals surface area contributed by atoms with Gasteiger partial charge >= 0.3 is 5.97 Å². The van der Waals surface area contributed by atoms with Crippen molar-refractivity contribution in [2.45, 2.75) is 58.3 Å². The van der Waals surface area contributed by atoms with E-state index in [1.807, 2.05) is 0 Å². The van der Waals surface area contributed by atoms with Crippen LogP contribution in [0.5, 0.6) is 0 Å². The minimum absolute atomic E-state index is 0.208. The van der Waals surface area contributed by atoms with Gasteiger partial charge in [-0.15, -0.1) is 0 Å². The molecular weight excluding hydrogens is 314 g/mol. The predicted molar refractivity (Wildman–Crippen MR) is 85.9 cm³/mol. The number of aliphatic hydroxyl groups is 2. The zero-order valence-electron chi connectivity index (χ0n) is 13.6. The van der Waals surface area contributed by atoms with E-state index in [1.54, 1.807) is 0 Å². The third-order valence-electron chi connectivity index (χ3n) is 4.51. The molecule has 1 aliphatic carbocycles. The summed E-state index contributed by atoms with van der Waals surface area (Å²) >= 11 is 0. The molecule has 0 atom stereocenters. The van der Waals surface area contributed by atoms with Crippen LogP contribution >= 0.6 is 0 Å². The number of rotatable bonds is 7. The quantitative estimate of drug-likeness (QED) is 0.449. The van der Waals surface area contributed by atoms with Gasteiger partial charge < -0.3 is 14.9 Å². The van der Waals surface area contributed by atoms with E-state index in [2.05, 4.69) is 0 Å². The Labute approximate surface area is 140 Å². The van der Waals surface area contributed by atoms with E-state index in [0.29, 0.717) is 23.5 Å². The van der Waals surface area contributed by atoms with Gasteiger partial charge in [-0.05, 0) is 36.0 Å². The number of carbonyl (C=O) groups excluding carboxylic acids is 1. The van der Waals surface area contributed by atoms with Gasteiger partial charge in [0, 0.05) is 12.5 Å². The van der Waals surface area contributed by atoms with Gasteiger partial charge in [0.2, 0.25) is 0 Å². The lowest BCUT2D eigenvalue weighted by Crippen LogP contribution is -2.14. The van der Waals surface area contributed by atoms with Crippen LogP contribution in [0.3, 0.4) is 0 Å². The first-order valence-corrected chi connectivity index (χ1v) is 8.21. The van der Waals surface area contributed by atoms with Crippen molar-refractivity contribution in [2.24, 2.45) is 5.92 Å². The van der Waals surface area contributed by atoms with Crippen molar-refractivity contribution >= 4 is 11.7 Å². The molecule has 0 aliphatic heterocycles. The number of nitro groups is 1. The molecule has 1 aliphatic rings. The molecule has 1 aromatic rings. The molecule has 1 saturated carbocycles. The maximum atomic E-state index is 12.0. The van der Waals surface area contributed by atoms with Crippen molar-refractivity contribution < 1.29 is 24.7 Å². The third-order valence-corrected chi connectivity index (χ3v) is 4.51. The van der Waals surface area contributed by atoms with Gasteiger partial charge in [0.05, 0.1) is 23.7 Å². The fourth-order valence-electron chi connectivity index (χ4n) is 3.15. The molecular formula is C17H23NO6. The van der Waals surface area contributed by atoms with Crippen LogP contribution in [0.1, 0.15) is 55.2 Å². The average molecular weight is 337 g/mol. The van der Waals surface area contributed by atoms with Crippen LogP contribution in [0.25, 0.3) is 0 Å². The number of carbonyl (C=O) groups is 1. The monoisotopic (exact) mass is 337 g/mol. The van der Waals surface area contributed by atoms with Crippen LogP contribution in [0.4, 0.5) is 5.69 Å². The highest BCUT2D eigenvalue weighted by molar-refractivity contribution is 5.69.